The summed E-state index contributed by atoms with van der Waals surface area (Å²) in [6.07, 6.45) is 3.32. The van der Waals surface area contributed by atoms with E-state index in [-0.39, 0.29) is 14.9 Å². The highest BCUT2D eigenvalue weighted by molar-refractivity contribution is 14.1. The molecule has 1 saturated carbocycles. The molecule has 104 valence electrons. The average molecular weight is 379 g/mol. The predicted octanol–water partition coefficient (Wildman–Crippen LogP) is 2.89. The highest BCUT2D eigenvalue weighted by atomic mass is 127. The molecule has 0 heterocycles. The number of halogens is 2. The maximum Gasteiger partial charge on any atom is 0.293 e. The van der Waals surface area contributed by atoms with Gasteiger partial charge >= 0.3 is 0 Å². The lowest BCUT2D eigenvalue weighted by Crippen LogP contribution is -2.20. The summed E-state index contributed by atoms with van der Waals surface area (Å²) in [6.45, 7) is 1.46. The van der Waals surface area contributed by atoms with Gasteiger partial charge in [-0.1, -0.05) is 0 Å². The molecule has 1 aliphatic carbocycles. The molecule has 1 aliphatic rings. The molecule has 0 unspecified atom stereocenters. The number of anilines is 1. The van der Waals surface area contributed by atoms with Crippen LogP contribution in [0.15, 0.2) is 12.1 Å². The monoisotopic (exact) mass is 379 g/mol. The summed E-state index contributed by atoms with van der Waals surface area (Å²) in [6, 6.07) is 3.10. The predicted molar refractivity (Wildman–Crippen MR) is 79.9 cm³/mol. The summed E-state index contributed by atoms with van der Waals surface area (Å²) in [7, 11) is 0. The van der Waals surface area contributed by atoms with Crippen molar-refractivity contribution in [2.24, 2.45) is 0 Å². The van der Waals surface area contributed by atoms with Gasteiger partial charge in [-0.3, -0.25) is 10.1 Å². The van der Waals surface area contributed by atoms with Gasteiger partial charge < -0.3 is 10.6 Å². The molecule has 0 amide bonds. The van der Waals surface area contributed by atoms with Crippen LogP contribution in [0.1, 0.15) is 19.3 Å². The maximum absolute atomic E-state index is 13.4. The van der Waals surface area contributed by atoms with Gasteiger partial charge in [0.25, 0.3) is 5.69 Å². The second-order valence-electron chi connectivity index (χ2n) is 4.55. The number of nitrogens with one attached hydrogen (secondary N) is 2. The third kappa shape index (κ3) is 4.27. The minimum Gasteiger partial charge on any atom is -0.379 e. The summed E-state index contributed by atoms with van der Waals surface area (Å²) in [5.74, 6) is -0.440. The number of nitro groups is 1. The molecule has 7 heteroatoms. The highest BCUT2D eigenvalue weighted by Crippen LogP contribution is 2.28. The van der Waals surface area contributed by atoms with Gasteiger partial charge in [0.1, 0.15) is 11.5 Å². The minimum atomic E-state index is -0.494. The number of nitrogens with zero attached hydrogens (tertiary/aromatic N) is 1. The Labute approximate surface area is 124 Å². The van der Waals surface area contributed by atoms with Crippen molar-refractivity contribution in [3.8, 4) is 0 Å². The smallest absolute Gasteiger partial charge is 0.293 e. The lowest BCUT2D eigenvalue weighted by molar-refractivity contribution is -0.384. The van der Waals surface area contributed by atoms with Crippen molar-refractivity contribution < 1.29 is 9.31 Å². The van der Waals surface area contributed by atoms with Crippen molar-refractivity contribution in [1.29, 1.82) is 0 Å². The van der Waals surface area contributed by atoms with Crippen LogP contribution < -0.4 is 10.6 Å². The van der Waals surface area contributed by atoms with Crippen molar-refractivity contribution in [2.45, 2.75) is 25.3 Å². The van der Waals surface area contributed by atoms with Gasteiger partial charge in [0.05, 0.1) is 8.49 Å². The van der Waals surface area contributed by atoms with E-state index in [2.05, 4.69) is 10.6 Å². The Morgan fingerprint density at radius 2 is 2.16 bits per heavy atom. The number of hydrogen-bond acceptors (Lipinski definition) is 4. The normalized spacial score (nSPS) is 14.4. The molecule has 0 spiro atoms. The zero-order valence-corrected chi connectivity index (χ0v) is 12.4. The molecule has 0 saturated heterocycles. The molecule has 5 nitrogen and oxygen atoms in total. The van der Waals surface area contributed by atoms with Crippen LogP contribution in [0.5, 0.6) is 0 Å². The second kappa shape index (κ2) is 6.47. The fourth-order valence-electron chi connectivity index (χ4n) is 1.73. The second-order valence-corrected chi connectivity index (χ2v) is 5.71. The van der Waals surface area contributed by atoms with Gasteiger partial charge in [0.2, 0.25) is 0 Å². The highest BCUT2D eigenvalue weighted by Gasteiger charge is 2.20. The van der Waals surface area contributed by atoms with E-state index in [1.807, 2.05) is 0 Å². The van der Waals surface area contributed by atoms with Crippen LogP contribution >= 0.6 is 22.6 Å². The van der Waals surface area contributed by atoms with E-state index >= 15 is 0 Å². The third-order valence-electron chi connectivity index (χ3n) is 2.91. The van der Waals surface area contributed by atoms with E-state index in [4.69, 9.17) is 0 Å². The minimum absolute atomic E-state index is 0.0825. The molecule has 0 atom stereocenters. The van der Waals surface area contributed by atoms with Gasteiger partial charge in [0.15, 0.2) is 0 Å². The first-order valence-corrected chi connectivity index (χ1v) is 7.26. The van der Waals surface area contributed by atoms with Crippen molar-refractivity contribution >= 4 is 34.0 Å². The topological polar surface area (TPSA) is 67.2 Å². The summed E-state index contributed by atoms with van der Waals surface area (Å²) in [5.41, 5.74) is 0.162. The van der Waals surface area contributed by atoms with E-state index in [9.17, 15) is 14.5 Å². The Balaban J connectivity index is 1.89. The van der Waals surface area contributed by atoms with E-state index < -0.39 is 10.7 Å². The van der Waals surface area contributed by atoms with Crippen LogP contribution in [0, 0.1) is 19.5 Å². The molecule has 19 heavy (non-hydrogen) atoms. The molecule has 0 radical (unpaired) electrons. The Morgan fingerprint density at radius 3 is 2.79 bits per heavy atom. The molecule has 0 bridgehead atoms. The van der Waals surface area contributed by atoms with Gasteiger partial charge in [-0.25, -0.2) is 4.39 Å². The first-order chi connectivity index (χ1) is 9.08. The quantitative estimate of drug-likeness (QED) is 0.331. The lowest BCUT2D eigenvalue weighted by atomic mass is 10.2. The molecule has 1 aromatic carbocycles. The molecule has 2 N–H and O–H groups in total. The number of nitro benzene ring substituents is 1. The molecule has 0 aliphatic heterocycles. The average Bonchev–Trinajstić information content (AvgIpc) is 3.16. The fourth-order valence-corrected chi connectivity index (χ4v) is 2.18. The summed E-state index contributed by atoms with van der Waals surface area (Å²) < 4.78 is 13.7. The maximum atomic E-state index is 13.4. The van der Waals surface area contributed by atoms with Gasteiger partial charge in [-0.2, -0.15) is 0 Å². The zero-order chi connectivity index (χ0) is 13.8. The summed E-state index contributed by atoms with van der Waals surface area (Å²) >= 11 is 1.75. The van der Waals surface area contributed by atoms with E-state index in [0.29, 0.717) is 12.6 Å². The fraction of sp³-hybridized carbons (Fsp3) is 0.500. The Hall–Kier alpha value is -0.960. The number of hydrogen-bond donors (Lipinski definition) is 2. The van der Waals surface area contributed by atoms with E-state index in [1.54, 1.807) is 22.6 Å². The molecule has 2 rings (SSSR count). The van der Waals surface area contributed by atoms with Crippen LogP contribution in [0.3, 0.4) is 0 Å². The van der Waals surface area contributed by atoms with Crippen LogP contribution in [0.4, 0.5) is 15.8 Å². The van der Waals surface area contributed by atoms with Crippen molar-refractivity contribution in [1.82, 2.24) is 5.32 Å². The van der Waals surface area contributed by atoms with Gasteiger partial charge in [0, 0.05) is 24.7 Å². The molecular weight excluding hydrogens is 364 g/mol. The lowest BCUT2D eigenvalue weighted by Gasteiger charge is -2.08. The first-order valence-electron chi connectivity index (χ1n) is 6.18. The molecular formula is C12H15FIN3O2. The zero-order valence-electron chi connectivity index (χ0n) is 10.3. The van der Waals surface area contributed by atoms with E-state index in [0.717, 1.165) is 13.0 Å². The van der Waals surface area contributed by atoms with Crippen LogP contribution in [-0.4, -0.2) is 24.1 Å². The number of rotatable bonds is 7. The SMILES string of the molecule is O=[N+]([O-])c1cc(I)c(F)cc1NCCCNC1CC1. The molecule has 1 aromatic rings. The molecule has 0 aromatic heterocycles. The van der Waals surface area contributed by atoms with Gasteiger partial charge in [-0.05, 0) is 48.4 Å². The van der Waals surface area contributed by atoms with E-state index in [1.165, 1.54) is 25.0 Å². The first kappa shape index (κ1) is 14.4. The van der Waals surface area contributed by atoms with Crippen LogP contribution in [0.2, 0.25) is 0 Å². The Morgan fingerprint density at radius 1 is 1.42 bits per heavy atom. The van der Waals surface area contributed by atoms with Crippen LogP contribution in [-0.2, 0) is 0 Å². The van der Waals surface area contributed by atoms with Crippen LogP contribution in [0.25, 0.3) is 0 Å². The Kier molecular flexibility index (Phi) is 4.92. The third-order valence-corrected chi connectivity index (χ3v) is 3.74. The van der Waals surface area contributed by atoms with Crippen molar-refractivity contribution in [3.63, 3.8) is 0 Å². The number of benzene rings is 1. The largest absolute Gasteiger partial charge is 0.379 e. The summed E-state index contributed by atoms with van der Waals surface area (Å²) in [4.78, 5) is 10.4. The van der Waals surface area contributed by atoms with Gasteiger partial charge in [-0.15, -0.1) is 0 Å². The summed E-state index contributed by atoms with van der Waals surface area (Å²) in [5, 5.41) is 17.2. The Bertz CT molecular complexity index is 480. The molecule has 1 fully saturated rings. The standard InChI is InChI=1S/C12H15FIN3O2/c13-9-6-11(12(17(18)19)7-10(9)14)16-5-1-4-15-8-2-3-8/h6-8,15-16H,1-5H2. The van der Waals surface area contributed by atoms with Crippen molar-refractivity contribution in [2.75, 3.05) is 18.4 Å². The van der Waals surface area contributed by atoms with Crippen molar-refractivity contribution in [3.05, 3.63) is 31.6 Å².